The Balaban J connectivity index is 1.87. The number of carbonyl (C=O) groups is 1. The van der Waals surface area contributed by atoms with E-state index in [1.165, 1.54) is 0 Å². The number of aromatic amines is 1. The summed E-state index contributed by atoms with van der Waals surface area (Å²) in [4.78, 5) is 14.6. The van der Waals surface area contributed by atoms with Crippen molar-refractivity contribution in [1.82, 2.24) is 24.9 Å². The molecule has 0 bridgehead atoms. The summed E-state index contributed by atoms with van der Waals surface area (Å²) in [6.45, 7) is 5.94. The molecule has 1 aromatic carbocycles. The van der Waals surface area contributed by atoms with E-state index in [1.807, 2.05) is 64.3 Å². The molecule has 1 N–H and O–H groups in total. The zero-order valence-electron chi connectivity index (χ0n) is 14.3. The quantitative estimate of drug-likeness (QED) is 0.802. The number of aromatic nitrogens is 4. The highest BCUT2D eigenvalue weighted by Crippen LogP contribution is 2.25. The topological polar surface area (TPSA) is 66.8 Å². The summed E-state index contributed by atoms with van der Waals surface area (Å²) in [5.41, 5.74) is 4.47. The lowest BCUT2D eigenvalue weighted by molar-refractivity contribution is 0.0742. The van der Waals surface area contributed by atoms with Crippen molar-refractivity contribution in [2.75, 3.05) is 7.05 Å². The average molecular weight is 323 g/mol. The molecule has 1 atom stereocenters. The number of amides is 1. The van der Waals surface area contributed by atoms with Crippen molar-refractivity contribution >= 4 is 5.91 Å². The van der Waals surface area contributed by atoms with Gasteiger partial charge in [-0.2, -0.15) is 10.2 Å². The lowest BCUT2D eigenvalue weighted by atomic mass is 10.0. The lowest BCUT2D eigenvalue weighted by Crippen LogP contribution is -2.30. The van der Waals surface area contributed by atoms with E-state index in [0.29, 0.717) is 5.56 Å². The van der Waals surface area contributed by atoms with E-state index in [1.54, 1.807) is 15.8 Å². The van der Waals surface area contributed by atoms with Crippen LogP contribution >= 0.6 is 0 Å². The first kappa shape index (κ1) is 16.0. The summed E-state index contributed by atoms with van der Waals surface area (Å²) < 4.78 is 1.74. The zero-order chi connectivity index (χ0) is 17.3. The number of carbonyl (C=O) groups excluding carboxylic acids is 1. The molecule has 0 unspecified atom stereocenters. The Morgan fingerprint density at radius 1 is 1.29 bits per heavy atom. The Morgan fingerprint density at radius 2 is 2.08 bits per heavy atom. The smallest absolute Gasteiger partial charge is 0.254 e. The normalized spacial score (nSPS) is 12.2. The van der Waals surface area contributed by atoms with Crippen LogP contribution < -0.4 is 0 Å². The monoisotopic (exact) mass is 323 g/mol. The Labute approximate surface area is 141 Å². The fraction of sp³-hybridized carbons (Fsp3) is 0.278. The Hall–Kier alpha value is -2.89. The van der Waals surface area contributed by atoms with Crippen LogP contribution in [0.5, 0.6) is 0 Å². The summed E-state index contributed by atoms with van der Waals surface area (Å²) in [7, 11) is 1.82. The van der Waals surface area contributed by atoms with Gasteiger partial charge >= 0.3 is 0 Å². The van der Waals surface area contributed by atoms with Crippen LogP contribution in [0.1, 0.15) is 40.3 Å². The third-order valence-corrected chi connectivity index (χ3v) is 4.37. The molecule has 6 heteroatoms. The third-order valence-electron chi connectivity index (χ3n) is 4.37. The minimum Gasteiger partial charge on any atom is -0.335 e. The molecule has 0 aliphatic rings. The van der Waals surface area contributed by atoms with E-state index >= 15 is 0 Å². The fourth-order valence-corrected chi connectivity index (χ4v) is 2.95. The summed E-state index contributed by atoms with van der Waals surface area (Å²) in [6, 6.07) is 9.27. The zero-order valence-corrected chi connectivity index (χ0v) is 14.3. The number of hydrogen-bond donors (Lipinski definition) is 1. The standard InChI is InChI=1S/C18H21N5O/c1-12-17(13(2)21-20-12)14(3)22(4)18(24)15-7-5-8-16(11-15)23-10-6-9-19-23/h5-11,14H,1-4H3,(H,20,21)/t14-/m1/s1. The highest BCUT2D eigenvalue weighted by Gasteiger charge is 2.23. The maximum Gasteiger partial charge on any atom is 0.254 e. The molecular weight excluding hydrogens is 302 g/mol. The van der Waals surface area contributed by atoms with Crippen molar-refractivity contribution in [3.63, 3.8) is 0 Å². The van der Waals surface area contributed by atoms with Crippen molar-refractivity contribution in [2.24, 2.45) is 0 Å². The van der Waals surface area contributed by atoms with Gasteiger partial charge in [0.25, 0.3) is 5.91 Å². The van der Waals surface area contributed by atoms with Crippen LogP contribution in [0.3, 0.4) is 0 Å². The Kier molecular flexibility index (Phi) is 4.20. The van der Waals surface area contributed by atoms with Crippen LogP contribution in [0, 0.1) is 13.8 Å². The molecule has 0 aliphatic heterocycles. The van der Waals surface area contributed by atoms with E-state index in [2.05, 4.69) is 15.3 Å². The van der Waals surface area contributed by atoms with Crippen molar-refractivity contribution in [3.05, 3.63) is 65.2 Å². The summed E-state index contributed by atoms with van der Waals surface area (Å²) >= 11 is 0. The van der Waals surface area contributed by atoms with E-state index < -0.39 is 0 Å². The number of benzene rings is 1. The van der Waals surface area contributed by atoms with Crippen LogP contribution in [0.15, 0.2) is 42.7 Å². The van der Waals surface area contributed by atoms with Gasteiger partial charge in [-0.3, -0.25) is 9.89 Å². The van der Waals surface area contributed by atoms with Crippen LogP contribution in [0.2, 0.25) is 0 Å². The van der Waals surface area contributed by atoms with E-state index in [4.69, 9.17) is 0 Å². The molecule has 2 heterocycles. The first-order chi connectivity index (χ1) is 11.5. The third kappa shape index (κ3) is 2.82. The molecule has 6 nitrogen and oxygen atoms in total. The van der Waals surface area contributed by atoms with Crippen LogP contribution in [0.4, 0.5) is 0 Å². The number of rotatable bonds is 4. The van der Waals surface area contributed by atoms with Gasteiger partial charge in [0.1, 0.15) is 0 Å². The van der Waals surface area contributed by atoms with Gasteiger partial charge in [0.15, 0.2) is 0 Å². The van der Waals surface area contributed by atoms with E-state index in [9.17, 15) is 4.79 Å². The fourth-order valence-electron chi connectivity index (χ4n) is 2.95. The van der Waals surface area contributed by atoms with Crippen LogP contribution in [-0.4, -0.2) is 37.8 Å². The molecule has 0 spiro atoms. The number of nitrogens with zero attached hydrogens (tertiary/aromatic N) is 4. The van der Waals surface area contributed by atoms with Gasteiger partial charge in [-0.15, -0.1) is 0 Å². The largest absolute Gasteiger partial charge is 0.335 e. The van der Waals surface area contributed by atoms with Crippen molar-refractivity contribution in [1.29, 1.82) is 0 Å². The molecule has 3 aromatic rings. The molecule has 0 saturated heterocycles. The molecule has 0 radical (unpaired) electrons. The maximum absolute atomic E-state index is 12.9. The first-order valence-corrected chi connectivity index (χ1v) is 7.87. The number of aryl methyl sites for hydroxylation is 2. The van der Waals surface area contributed by atoms with Gasteiger partial charge in [0, 0.05) is 36.3 Å². The van der Waals surface area contributed by atoms with Crippen molar-refractivity contribution in [2.45, 2.75) is 26.8 Å². The molecule has 3 rings (SSSR count). The number of nitrogens with one attached hydrogen (secondary N) is 1. The second-order valence-electron chi connectivity index (χ2n) is 5.94. The van der Waals surface area contributed by atoms with E-state index in [-0.39, 0.29) is 11.9 Å². The average Bonchev–Trinajstić information content (AvgIpc) is 3.23. The lowest BCUT2D eigenvalue weighted by Gasteiger charge is -2.25. The van der Waals surface area contributed by atoms with Crippen LogP contribution in [0.25, 0.3) is 5.69 Å². The summed E-state index contributed by atoms with van der Waals surface area (Å²) in [6.07, 6.45) is 3.57. The minimum atomic E-state index is -0.0652. The molecular formula is C18H21N5O. The minimum absolute atomic E-state index is 0.0310. The molecule has 2 aromatic heterocycles. The molecule has 124 valence electrons. The van der Waals surface area contributed by atoms with Gasteiger partial charge in [0.2, 0.25) is 0 Å². The maximum atomic E-state index is 12.9. The molecule has 24 heavy (non-hydrogen) atoms. The summed E-state index contributed by atoms with van der Waals surface area (Å²) in [5.74, 6) is -0.0310. The van der Waals surface area contributed by atoms with Gasteiger partial charge in [0.05, 0.1) is 17.4 Å². The second kappa shape index (κ2) is 6.31. The Morgan fingerprint density at radius 3 is 2.71 bits per heavy atom. The van der Waals surface area contributed by atoms with E-state index in [0.717, 1.165) is 22.6 Å². The summed E-state index contributed by atoms with van der Waals surface area (Å²) in [5, 5.41) is 11.4. The number of H-pyrrole nitrogens is 1. The highest BCUT2D eigenvalue weighted by atomic mass is 16.2. The van der Waals surface area contributed by atoms with Gasteiger partial charge in [-0.05, 0) is 45.0 Å². The van der Waals surface area contributed by atoms with Crippen LogP contribution in [-0.2, 0) is 0 Å². The predicted octanol–water partition coefficient (Wildman–Crippen LogP) is 3.05. The SMILES string of the molecule is Cc1n[nH]c(C)c1[C@@H](C)N(C)C(=O)c1cccc(-n2cccn2)c1. The van der Waals surface area contributed by atoms with Crippen molar-refractivity contribution < 1.29 is 4.79 Å². The Bertz CT molecular complexity index is 831. The molecule has 1 amide bonds. The molecule has 0 fully saturated rings. The van der Waals surface area contributed by atoms with Gasteiger partial charge in [-0.1, -0.05) is 6.07 Å². The first-order valence-electron chi connectivity index (χ1n) is 7.87. The molecule has 0 aliphatic carbocycles. The van der Waals surface area contributed by atoms with Gasteiger partial charge in [-0.25, -0.2) is 4.68 Å². The van der Waals surface area contributed by atoms with Crippen molar-refractivity contribution in [3.8, 4) is 5.69 Å². The second-order valence-corrected chi connectivity index (χ2v) is 5.94. The van der Waals surface area contributed by atoms with Gasteiger partial charge < -0.3 is 4.90 Å². The predicted molar refractivity (Wildman–Crippen MR) is 92.1 cm³/mol. The molecule has 0 saturated carbocycles. The highest BCUT2D eigenvalue weighted by molar-refractivity contribution is 5.94. The number of hydrogen-bond acceptors (Lipinski definition) is 3.